The van der Waals surface area contributed by atoms with Gasteiger partial charge in [0.2, 0.25) is 0 Å². The minimum atomic E-state index is -0.241. The number of carbonyl (C=O) groups is 1. The van der Waals surface area contributed by atoms with Crippen molar-refractivity contribution in [1.29, 1.82) is 0 Å². The Labute approximate surface area is 151 Å². The summed E-state index contributed by atoms with van der Waals surface area (Å²) in [5.74, 6) is 0.902. The van der Waals surface area contributed by atoms with Crippen LogP contribution < -0.4 is 9.88 Å². The van der Waals surface area contributed by atoms with Crippen LogP contribution in [0.3, 0.4) is 0 Å². The molecule has 0 atom stereocenters. The number of nitrogens with zero attached hydrogens (tertiary/aromatic N) is 2. The van der Waals surface area contributed by atoms with Crippen molar-refractivity contribution >= 4 is 5.91 Å². The number of benzene rings is 2. The maximum atomic E-state index is 13.2. The lowest BCUT2D eigenvalue weighted by Crippen LogP contribution is -2.44. The number of nitrogens with one attached hydrogen (secondary N) is 1. The molecule has 0 unspecified atom stereocenters. The molecule has 5 heteroatoms. The normalized spacial score (nSPS) is 12.8. The smallest absolute Gasteiger partial charge is 0.262 e. The third-order valence-electron chi connectivity index (χ3n) is 4.78. The minimum Gasteiger partial charge on any atom is -0.349 e. The Hall–Kier alpha value is -2.95. The van der Waals surface area contributed by atoms with Crippen LogP contribution in [0.2, 0.25) is 0 Å². The zero-order valence-corrected chi connectivity index (χ0v) is 14.5. The quantitative estimate of drug-likeness (QED) is 0.706. The maximum absolute atomic E-state index is 13.2. The van der Waals surface area contributed by atoms with E-state index in [-0.39, 0.29) is 11.7 Å². The molecule has 0 radical (unpaired) electrons. The lowest BCUT2D eigenvalue weighted by atomic mass is 10.1. The van der Waals surface area contributed by atoms with Gasteiger partial charge in [-0.1, -0.05) is 30.3 Å². The molecule has 0 saturated heterocycles. The number of carbonyl (C=O) groups excluding carboxylic acids is 1. The number of halogens is 1. The highest BCUT2D eigenvalue weighted by atomic mass is 19.1. The van der Waals surface area contributed by atoms with E-state index < -0.39 is 0 Å². The lowest BCUT2D eigenvalue weighted by molar-refractivity contribution is -0.690. The molecular formula is C21H21FN3O+. The Morgan fingerprint density at radius 1 is 1.12 bits per heavy atom. The second kappa shape index (κ2) is 7.12. The lowest BCUT2D eigenvalue weighted by Gasteiger charge is -2.04. The first kappa shape index (κ1) is 16.5. The average Bonchev–Trinajstić information content (AvgIpc) is 3.26. The molecule has 0 spiro atoms. The summed E-state index contributed by atoms with van der Waals surface area (Å²) in [6.45, 7) is 1.76. The van der Waals surface area contributed by atoms with Crippen LogP contribution in [0, 0.1) is 5.82 Å². The van der Waals surface area contributed by atoms with E-state index in [0.717, 1.165) is 42.0 Å². The predicted octanol–water partition coefficient (Wildman–Crippen LogP) is 2.84. The summed E-state index contributed by atoms with van der Waals surface area (Å²) in [6.07, 6.45) is 4.02. The van der Waals surface area contributed by atoms with Crippen LogP contribution in [0.1, 0.15) is 17.8 Å². The molecule has 4 nitrogen and oxygen atoms in total. The molecule has 1 aromatic heterocycles. The SMILES string of the molecule is O=C(C[n+]1cc(-c2ccc(F)cc2)n2c1CCC2)NCc1ccccc1. The van der Waals surface area contributed by atoms with Gasteiger partial charge in [0.25, 0.3) is 11.7 Å². The number of imidazole rings is 1. The highest BCUT2D eigenvalue weighted by Gasteiger charge is 2.29. The Morgan fingerprint density at radius 3 is 2.65 bits per heavy atom. The topological polar surface area (TPSA) is 37.9 Å². The molecule has 2 aromatic carbocycles. The van der Waals surface area contributed by atoms with Gasteiger partial charge in [0.05, 0.1) is 13.0 Å². The maximum Gasteiger partial charge on any atom is 0.262 e. The standard InChI is InChI=1S/C21H20FN3O/c22-18-10-8-17(9-11-18)19-14-24(21-7-4-12-25(19)21)15-20(26)23-13-16-5-2-1-3-6-16/h1-3,5-6,8-11,14H,4,7,12-13,15H2/p+1. The van der Waals surface area contributed by atoms with Gasteiger partial charge in [0, 0.05) is 12.1 Å². The predicted molar refractivity (Wildman–Crippen MR) is 96.6 cm³/mol. The molecule has 1 aliphatic rings. The third-order valence-corrected chi connectivity index (χ3v) is 4.78. The van der Waals surface area contributed by atoms with E-state index in [1.807, 2.05) is 41.1 Å². The van der Waals surface area contributed by atoms with Gasteiger partial charge < -0.3 is 5.32 Å². The molecule has 1 N–H and O–H groups in total. The monoisotopic (exact) mass is 350 g/mol. The fourth-order valence-electron chi connectivity index (χ4n) is 3.50. The van der Waals surface area contributed by atoms with Crippen LogP contribution in [0.5, 0.6) is 0 Å². The van der Waals surface area contributed by atoms with E-state index in [4.69, 9.17) is 0 Å². The molecule has 1 aliphatic heterocycles. The van der Waals surface area contributed by atoms with Crippen LogP contribution in [-0.4, -0.2) is 10.5 Å². The third kappa shape index (κ3) is 3.38. The van der Waals surface area contributed by atoms with Crippen molar-refractivity contribution in [2.75, 3.05) is 0 Å². The first-order valence-electron chi connectivity index (χ1n) is 8.89. The van der Waals surface area contributed by atoms with Crippen LogP contribution in [0.4, 0.5) is 4.39 Å². The van der Waals surface area contributed by atoms with Crippen molar-refractivity contribution in [2.45, 2.75) is 32.5 Å². The number of amides is 1. The number of rotatable bonds is 5. The number of fused-ring (bicyclic) bond motifs is 1. The Kier molecular flexibility index (Phi) is 4.52. The van der Waals surface area contributed by atoms with Crippen molar-refractivity contribution in [3.05, 3.63) is 78.0 Å². The van der Waals surface area contributed by atoms with Gasteiger partial charge in [-0.05, 0) is 36.2 Å². The molecule has 4 rings (SSSR count). The van der Waals surface area contributed by atoms with Gasteiger partial charge in [-0.3, -0.25) is 4.79 Å². The summed E-state index contributed by atoms with van der Waals surface area (Å²) in [5.41, 5.74) is 3.09. The second-order valence-electron chi connectivity index (χ2n) is 6.58. The van der Waals surface area contributed by atoms with Gasteiger partial charge in [0.1, 0.15) is 12.0 Å². The first-order valence-corrected chi connectivity index (χ1v) is 8.89. The molecule has 132 valence electrons. The van der Waals surface area contributed by atoms with Crippen LogP contribution >= 0.6 is 0 Å². The van der Waals surface area contributed by atoms with Crippen molar-refractivity contribution in [3.8, 4) is 11.3 Å². The average molecular weight is 350 g/mol. The summed E-state index contributed by atoms with van der Waals surface area (Å²) in [5, 5.41) is 2.98. The first-order chi connectivity index (χ1) is 12.7. The van der Waals surface area contributed by atoms with Crippen molar-refractivity contribution < 1.29 is 13.8 Å². The molecular weight excluding hydrogens is 329 g/mol. The molecule has 0 bridgehead atoms. The van der Waals surface area contributed by atoms with E-state index in [9.17, 15) is 9.18 Å². The van der Waals surface area contributed by atoms with Crippen LogP contribution in [0.15, 0.2) is 60.8 Å². The molecule has 0 aliphatic carbocycles. The summed E-state index contributed by atoms with van der Waals surface area (Å²) >= 11 is 0. The molecule has 2 heterocycles. The fourth-order valence-corrected chi connectivity index (χ4v) is 3.50. The van der Waals surface area contributed by atoms with E-state index in [0.29, 0.717) is 13.1 Å². The van der Waals surface area contributed by atoms with E-state index in [1.165, 1.54) is 12.1 Å². The molecule has 1 amide bonds. The number of hydrogen-bond acceptors (Lipinski definition) is 1. The van der Waals surface area contributed by atoms with E-state index in [2.05, 4.69) is 9.88 Å². The van der Waals surface area contributed by atoms with Gasteiger partial charge in [0.15, 0.2) is 12.2 Å². The second-order valence-corrected chi connectivity index (χ2v) is 6.58. The zero-order valence-electron chi connectivity index (χ0n) is 14.5. The molecule has 0 fully saturated rings. The van der Waals surface area contributed by atoms with Crippen LogP contribution in [0.25, 0.3) is 11.3 Å². The van der Waals surface area contributed by atoms with Gasteiger partial charge in [-0.15, -0.1) is 0 Å². The van der Waals surface area contributed by atoms with Crippen molar-refractivity contribution in [2.24, 2.45) is 0 Å². The Bertz CT molecular complexity index is 916. The summed E-state index contributed by atoms with van der Waals surface area (Å²) < 4.78 is 17.5. The molecule has 0 saturated carbocycles. The van der Waals surface area contributed by atoms with Crippen molar-refractivity contribution in [1.82, 2.24) is 9.88 Å². The van der Waals surface area contributed by atoms with E-state index in [1.54, 1.807) is 12.1 Å². The zero-order chi connectivity index (χ0) is 17.9. The molecule has 26 heavy (non-hydrogen) atoms. The fraction of sp³-hybridized carbons (Fsp3) is 0.238. The van der Waals surface area contributed by atoms with Crippen LogP contribution in [-0.2, 0) is 30.8 Å². The summed E-state index contributed by atoms with van der Waals surface area (Å²) in [7, 11) is 0. The highest BCUT2D eigenvalue weighted by Crippen LogP contribution is 2.24. The Balaban J connectivity index is 1.51. The Morgan fingerprint density at radius 2 is 1.88 bits per heavy atom. The van der Waals surface area contributed by atoms with Gasteiger partial charge in [-0.2, -0.15) is 0 Å². The molecule has 3 aromatic rings. The summed E-state index contributed by atoms with van der Waals surface area (Å²) in [6, 6.07) is 16.4. The van der Waals surface area contributed by atoms with Gasteiger partial charge >= 0.3 is 0 Å². The summed E-state index contributed by atoms with van der Waals surface area (Å²) in [4.78, 5) is 12.4. The number of hydrogen-bond donors (Lipinski definition) is 1. The van der Waals surface area contributed by atoms with Crippen molar-refractivity contribution in [3.63, 3.8) is 0 Å². The number of aromatic nitrogens is 2. The van der Waals surface area contributed by atoms with E-state index >= 15 is 0 Å². The highest BCUT2D eigenvalue weighted by molar-refractivity contribution is 5.74. The van der Waals surface area contributed by atoms with Gasteiger partial charge in [-0.25, -0.2) is 13.5 Å². The minimum absolute atomic E-state index is 0.00944. The largest absolute Gasteiger partial charge is 0.349 e.